The number of nitrogens with one attached hydrogen (secondary N) is 1. The van der Waals surface area contributed by atoms with E-state index in [0.29, 0.717) is 10.4 Å². The van der Waals surface area contributed by atoms with Gasteiger partial charge in [0.15, 0.2) is 0 Å². The molecule has 1 N–H and O–H groups in total. The Kier molecular flexibility index (Phi) is 4.64. The Morgan fingerprint density at radius 3 is 2.26 bits per heavy atom. The Balaban J connectivity index is 1.72. The third kappa shape index (κ3) is 3.44. The highest BCUT2D eigenvalue weighted by atomic mass is 35.5. The van der Waals surface area contributed by atoms with Crippen LogP contribution in [0.25, 0.3) is 21.5 Å². The molecule has 0 radical (unpaired) electrons. The van der Waals surface area contributed by atoms with E-state index in [1.54, 1.807) is 18.2 Å². The maximum absolute atomic E-state index is 13.1. The number of hydrogen-bond donors (Lipinski definition) is 1. The van der Waals surface area contributed by atoms with Crippen molar-refractivity contribution in [2.24, 2.45) is 0 Å². The molecular formula is C22H18ClNO2S. The monoisotopic (exact) mass is 395 g/mol. The van der Waals surface area contributed by atoms with Crippen molar-refractivity contribution in [3.63, 3.8) is 0 Å². The fraction of sp³-hybridized carbons (Fsp3) is 0.0909. The summed E-state index contributed by atoms with van der Waals surface area (Å²) in [5, 5.41) is 3.96. The summed E-state index contributed by atoms with van der Waals surface area (Å²) in [5.41, 5.74) is 0.906. The zero-order valence-electron chi connectivity index (χ0n) is 14.7. The Morgan fingerprint density at radius 2 is 1.48 bits per heavy atom. The number of hydrogen-bond acceptors (Lipinski definition) is 2. The SMILES string of the molecule is CC(NS(=O)(=O)c1cccc2cccc(Cl)c12)c1ccc2ccccc2c1. The largest absolute Gasteiger partial charge is 0.241 e. The topological polar surface area (TPSA) is 46.2 Å². The quantitative estimate of drug-likeness (QED) is 0.482. The molecule has 1 atom stereocenters. The van der Waals surface area contributed by atoms with E-state index >= 15 is 0 Å². The molecule has 0 saturated heterocycles. The van der Waals surface area contributed by atoms with E-state index in [9.17, 15) is 8.42 Å². The van der Waals surface area contributed by atoms with Gasteiger partial charge in [0, 0.05) is 16.5 Å². The fourth-order valence-electron chi connectivity index (χ4n) is 3.33. The highest BCUT2D eigenvalue weighted by Crippen LogP contribution is 2.31. The standard InChI is InChI=1S/C22H18ClNO2S/c1-15(18-13-12-16-6-2-3-7-19(16)14-18)24-27(25,26)21-11-5-9-17-8-4-10-20(23)22(17)21/h2-15,24H,1H3. The van der Waals surface area contributed by atoms with Crippen molar-refractivity contribution in [3.05, 3.63) is 89.4 Å². The molecule has 5 heteroatoms. The summed E-state index contributed by atoms with van der Waals surface area (Å²) in [6.07, 6.45) is 0. The zero-order chi connectivity index (χ0) is 19.0. The van der Waals surface area contributed by atoms with Crippen LogP contribution in [0.3, 0.4) is 0 Å². The van der Waals surface area contributed by atoms with Gasteiger partial charge >= 0.3 is 0 Å². The average Bonchev–Trinajstić information content (AvgIpc) is 2.67. The van der Waals surface area contributed by atoms with E-state index in [-0.39, 0.29) is 10.9 Å². The van der Waals surface area contributed by atoms with Crippen molar-refractivity contribution in [3.8, 4) is 0 Å². The number of benzene rings is 4. The van der Waals surface area contributed by atoms with Crippen molar-refractivity contribution >= 4 is 43.2 Å². The normalized spacial score (nSPS) is 13.1. The van der Waals surface area contributed by atoms with Crippen LogP contribution in [-0.2, 0) is 10.0 Å². The molecule has 0 aliphatic heterocycles. The van der Waals surface area contributed by atoms with Gasteiger partial charge in [0.1, 0.15) is 0 Å². The van der Waals surface area contributed by atoms with Crippen molar-refractivity contribution in [2.75, 3.05) is 0 Å². The van der Waals surface area contributed by atoms with E-state index < -0.39 is 10.0 Å². The Labute approximate surface area is 163 Å². The van der Waals surface area contributed by atoms with Crippen LogP contribution in [-0.4, -0.2) is 8.42 Å². The second-order valence-corrected chi connectivity index (χ2v) is 8.63. The summed E-state index contributed by atoms with van der Waals surface area (Å²) in [5.74, 6) is 0. The summed E-state index contributed by atoms with van der Waals surface area (Å²) < 4.78 is 28.9. The van der Waals surface area contributed by atoms with Crippen molar-refractivity contribution in [1.29, 1.82) is 0 Å². The lowest BCUT2D eigenvalue weighted by molar-refractivity contribution is 0.568. The summed E-state index contributed by atoms with van der Waals surface area (Å²) in [4.78, 5) is 0.193. The smallest absolute Gasteiger partial charge is 0.207 e. The number of sulfonamides is 1. The van der Waals surface area contributed by atoms with Crippen molar-refractivity contribution < 1.29 is 8.42 Å². The average molecular weight is 396 g/mol. The molecule has 0 aliphatic rings. The van der Waals surface area contributed by atoms with Gasteiger partial charge in [0.25, 0.3) is 0 Å². The van der Waals surface area contributed by atoms with Crippen molar-refractivity contribution in [1.82, 2.24) is 4.72 Å². The van der Waals surface area contributed by atoms with Crippen LogP contribution in [0.5, 0.6) is 0 Å². The molecule has 0 aliphatic carbocycles. The van der Waals surface area contributed by atoms with Gasteiger partial charge < -0.3 is 0 Å². The van der Waals surface area contributed by atoms with Crippen molar-refractivity contribution in [2.45, 2.75) is 17.9 Å². The third-order valence-electron chi connectivity index (χ3n) is 4.71. The maximum atomic E-state index is 13.1. The van der Waals surface area contributed by atoms with Crippen LogP contribution < -0.4 is 4.72 Å². The molecule has 0 saturated carbocycles. The molecule has 0 heterocycles. The summed E-state index contributed by atoms with van der Waals surface area (Å²) in [6, 6.07) is 24.1. The molecule has 0 amide bonds. The van der Waals surface area contributed by atoms with Gasteiger partial charge in [-0.25, -0.2) is 13.1 Å². The van der Waals surface area contributed by atoms with Crippen LogP contribution in [0.4, 0.5) is 0 Å². The van der Waals surface area contributed by atoms with Gasteiger partial charge in [-0.05, 0) is 46.8 Å². The number of fused-ring (bicyclic) bond motifs is 2. The molecular weight excluding hydrogens is 378 g/mol. The Morgan fingerprint density at radius 1 is 0.815 bits per heavy atom. The molecule has 0 aromatic heterocycles. The van der Waals surface area contributed by atoms with E-state index in [0.717, 1.165) is 21.7 Å². The molecule has 3 nitrogen and oxygen atoms in total. The molecule has 0 fully saturated rings. The van der Waals surface area contributed by atoms with Crippen LogP contribution in [0, 0.1) is 0 Å². The molecule has 1 unspecified atom stereocenters. The lowest BCUT2D eigenvalue weighted by Crippen LogP contribution is -2.27. The fourth-order valence-corrected chi connectivity index (χ4v) is 5.15. The van der Waals surface area contributed by atoms with Gasteiger partial charge in [-0.1, -0.05) is 72.3 Å². The van der Waals surface area contributed by atoms with E-state index in [2.05, 4.69) is 4.72 Å². The Bertz CT molecular complexity index is 1250. The minimum absolute atomic E-state index is 0.193. The first kappa shape index (κ1) is 18.0. The Hall–Kier alpha value is -2.40. The second-order valence-electron chi connectivity index (χ2n) is 6.54. The molecule has 27 heavy (non-hydrogen) atoms. The second kappa shape index (κ2) is 6.97. The molecule has 4 aromatic carbocycles. The number of halogens is 1. The predicted molar refractivity (Wildman–Crippen MR) is 112 cm³/mol. The predicted octanol–water partition coefficient (Wildman–Crippen LogP) is 5.69. The minimum Gasteiger partial charge on any atom is -0.207 e. The molecule has 4 rings (SSSR count). The zero-order valence-corrected chi connectivity index (χ0v) is 16.3. The van der Waals surface area contributed by atoms with Gasteiger partial charge in [0.2, 0.25) is 10.0 Å². The van der Waals surface area contributed by atoms with Crippen LogP contribution in [0.1, 0.15) is 18.5 Å². The highest BCUT2D eigenvalue weighted by Gasteiger charge is 2.22. The van der Waals surface area contributed by atoms with E-state index in [1.165, 1.54) is 0 Å². The molecule has 0 spiro atoms. The van der Waals surface area contributed by atoms with Crippen LogP contribution in [0.15, 0.2) is 83.8 Å². The lowest BCUT2D eigenvalue weighted by Gasteiger charge is -2.17. The first-order chi connectivity index (χ1) is 13.0. The summed E-state index contributed by atoms with van der Waals surface area (Å²) in [6.45, 7) is 1.84. The number of rotatable bonds is 4. The minimum atomic E-state index is -3.74. The first-order valence-electron chi connectivity index (χ1n) is 8.64. The maximum Gasteiger partial charge on any atom is 0.241 e. The van der Waals surface area contributed by atoms with E-state index in [1.807, 2.05) is 67.6 Å². The lowest BCUT2D eigenvalue weighted by atomic mass is 10.0. The summed E-state index contributed by atoms with van der Waals surface area (Å²) in [7, 11) is -3.74. The van der Waals surface area contributed by atoms with Gasteiger partial charge in [-0.2, -0.15) is 0 Å². The highest BCUT2D eigenvalue weighted by molar-refractivity contribution is 7.89. The van der Waals surface area contributed by atoms with Crippen LogP contribution in [0.2, 0.25) is 5.02 Å². The van der Waals surface area contributed by atoms with E-state index in [4.69, 9.17) is 11.6 Å². The molecule has 0 bridgehead atoms. The third-order valence-corrected chi connectivity index (χ3v) is 6.61. The molecule has 4 aromatic rings. The molecule has 136 valence electrons. The first-order valence-corrected chi connectivity index (χ1v) is 10.5. The van der Waals surface area contributed by atoms with Gasteiger partial charge in [-0.15, -0.1) is 0 Å². The van der Waals surface area contributed by atoms with Gasteiger partial charge in [-0.3, -0.25) is 0 Å². The van der Waals surface area contributed by atoms with Gasteiger partial charge in [0.05, 0.1) is 4.90 Å². The summed E-state index contributed by atoms with van der Waals surface area (Å²) >= 11 is 6.29. The van der Waals surface area contributed by atoms with Crippen LogP contribution >= 0.6 is 11.6 Å².